The monoisotopic (exact) mass is 804 g/mol. The summed E-state index contributed by atoms with van der Waals surface area (Å²) in [6.07, 6.45) is 0. The lowest BCUT2D eigenvalue weighted by atomic mass is 10.1. The Bertz CT molecular complexity index is 3830. The summed E-state index contributed by atoms with van der Waals surface area (Å²) in [5.41, 5.74) is 13.1. The second-order valence-corrected chi connectivity index (χ2v) is 16.0. The van der Waals surface area contributed by atoms with Crippen molar-refractivity contribution < 1.29 is 0 Å². The van der Waals surface area contributed by atoms with Gasteiger partial charge in [-0.2, -0.15) is 0 Å². The summed E-state index contributed by atoms with van der Waals surface area (Å²) in [5.74, 6) is 1.91. The van der Waals surface area contributed by atoms with Gasteiger partial charge in [-0.05, 0) is 72.8 Å². The standard InChI is InChI=1S/C57H36N6/c1-5-17-37(18-6-1)55-58-56(38-19-7-2-8-20-38)60-57(59-55)39-29-33-50-47(35-39)45-32-34-51-53(54(45)63(50)41-23-11-4-12-24-41)46-26-14-16-28-49(46)62(51)42-30-31-44-43-25-13-15-27-48(43)61(52(44)36-42)40-21-9-3-10-22-40/h1-36H. The molecule has 0 atom stereocenters. The molecule has 0 aliphatic heterocycles. The highest BCUT2D eigenvalue weighted by Gasteiger charge is 2.23. The Labute approximate surface area is 362 Å². The number of rotatable bonds is 6. The smallest absolute Gasteiger partial charge is 0.164 e. The van der Waals surface area contributed by atoms with E-state index in [-0.39, 0.29) is 0 Å². The predicted molar refractivity (Wildman–Crippen MR) is 259 cm³/mol. The van der Waals surface area contributed by atoms with Gasteiger partial charge in [-0.25, -0.2) is 15.0 Å². The summed E-state index contributed by atoms with van der Waals surface area (Å²) < 4.78 is 7.27. The Morgan fingerprint density at radius 3 is 1.37 bits per heavy atom. The van der Waals surface area contributed by atoms with Crippen molar-refractivity contribution >= 4 is 65.4 Å². The number of para-hydroxylation sites is 4. The summed E-state index contributed by atoms with van der Waals surface area (Å²) in [7, 11) is 0. The van der Waals surface area contributed by atoms with Gasteiger partial charge < -0.3 is 13.7 Å². The van der Waals surface area contributed by atoms with Crippen molar-refractivity contribution in [1.82, 2.24) is 28.7 Å². The van der Waals surface area contributed by atoms with Crippen LogP contribution in [0, 0.1) is 0 Å². The van der Waals surface area contributed by atoms with Crippen molar-refractivity contribution in [1.29, 1.82) is 0 Å². The Kier molecular flexibility index (Phi) is 7.80. The Balaban J connectivity index is 1.08. The molecule has 0 amide bonds. The van der Waals surface area contributed by atoms with Crippen LogP contribution >= 0.6 is 0 Å². The van der Waals surface area contributed by atoms with Crippen LogP contribution in [0.25, 0.3) is 117 Å². The molecular weight excluding hydrogens is 769 g/mol. The molecule has 0 aliphatic carbocycles. The molecule has 0 N–H and O–H groups in total. The van der Waals surface area contributed by atoms with Crippen LogP contribution in [0.15, 0.2) is 218 Å². The van der Waals surface area contributed by atoms with Crippen molar-refractivity contribution in [3.05, 3.63) is 218 Å². The molecule has 6 nitrogen and oxygen atoms in total. The Morgan fingerprint density at radius 1 is 0.254 bits per heavy atom. The Morgan fingerprint density at radius 2 is 0.714 bits per heavy atom. The van der Waals surface area contributed by atoms with Crippen molar-refractivity contribution in [2.75, 3.05) is 0 Å². The van der Waals surface area contributed by atoms with E-state index < -0.39 is 0 Å². The maximum atomic E-state index is 5.11. The minimum atomic E-state index is 0.631. The maximum absolute atomic E-state index is 5.11. The largest absolute Gasteiger partial charge is 0.309 e. The molecule has 294 valence electrons. The van der Waals surface area contributed by atoms with Gasteiger partial charge in [0, 0.05) is 66.1 Å². The van der Waals surface area contributed by atoms with Gasteiger partial charge >= 0.3 is 0 Å². The van der Waals surface area contributed by atoms with Gasteiger partial charge in [0.25, 0.3) is 0 Å². The lowest BCUT2D eigenvalue weighted by molar-refractivity contribution is 1.07. The van der Waals surface area contributed by atoms with Crippen molar-refractivity contribution in [3.8, 4) is 51.2 Å². The molecule has 0 bridgehead atoms. The summed E-state index contributed by atoms with van der Waals surface area (Å²) in [6, 6.07) is 77.4. The molecule has 0 fully saturated rings. The zero-order chi connectivity index (χ0) is 41.4. The normalized spacial score (nSPS) is 11.8. The second kappa shape index (κ2) is 14.0. The quantitative estimate of drug-likeness (QED) is 0.168. The minimum absolute atomic E-state index is 0.631. The number of aromatic nitrogens is 6. The summed E-state index contributed by atoms with van der Waals surface area (Å²) in [4.78, 5) is 15.2. The van der Waals surface area contributed by atoms with Crippen molar-refractivity contribution in [2.45, 2.75) is 0 Å². The predicted octanol–water partition coefficient (Wildman–Crippen LogP) is 14.2. The average molecular weight is 805 g/mol. The third-order valence-electron chi connectivity index (χ3n) is 12.5. The molecule has 9 aromatic carbocycles. The maximum Gasteiger partial charge on any atom is 0.164 e. The highest BCUT2D eigenvalue weighted by molar-refractivity contribution is 6.26. The van der Waals surface area contributed by atoms with Crippen LogP contribution in [-0.2, 0) is 0 Å². The molecule has 0 radical (unpaired) electrons. The van der Waals surface area contributed by atoms with Gasteiger partial charge in [0.2, 0.25) is 0 Å². The van der Waals surface area contributed by atoms with Crippen LogP contribution < -0.4 is 0 Å². The van der Waals surface area contributed by atoms with Crippen LogP contribution in [0.1, 0.15) is 0 Å². The van der Waals surface area contributed by atoms with Crippen LogP contribution in [0.3, 0.4) is 0 Å². The number of hydrogen-bond acceptors (Lipinski definition) is 3. The van der Waals surface area contributed by atoms with Crippen molar-refractivity contribution in [3.63, 3.8) is 0 Å². The average Bonchev–Trinajstić information content (AvgIpc) is 4.00. The number of fused-ring (bicyclic) bond motifs is 10. The zero-order valence-corrected chi connectivity index (χ0v) is 34.0. The highest BCUT2D eigenvalue weighted by Crippen LogP contribution is 2.44. The van der Waals surface area contributed by atoms with Gasteiger partial charge in [-0.15, -0.1) is 0 Å². The van der Waals surface area contributed by atoms with Crippen LogP contribution in [0.2, 0.25) is 0 Å². The Hall–Kier alpha value is -8.61. The molecule has 0 aliphatic rings. The molecular formula is C57H36N6. The van der Waals surface area contributed by atoms with E-state index >= 15 is 0 Å². The van der Waals surface area contributed by atoms with E-state index in [0.717, 1.165) is 66.6 Å². The number of nitrogens with zero attached hydrogens (tertiary/aromatic N) is 6. The zero-order valence-electron chi connectivity index (χ0n) is 34.0. The van der Waals surface area contributed by atoms with E-state index in [1.165, 1.54) is 32.6 Å². The fourth-order valence-corrected chi connectivity index (χ4v) is 9.71. The molecule has 0 unspecified atom stereocenters. The molecule has 4 aromatic heterocycles. The molecule has 63 heavy (non-hydrogen) atoms. The van der Waals surface area contributed by atoms with Crippen LogP contribution in [0.4, 0.5) is 0 Å². The first-order chi connectivity index (χ1) is 31.3. The molecule has 13 rings (SSSR count). The first kappa shape index (κ1) is 35.2. The molecule has 0 saturated heterocycles. The van der Waals surface area contributed by atoms with Gasteiger partial charge in [0.15, 0.2) is 17.5 Å². The lowest BCUT2D eigenvalue weighted by Gasteiger charge is -2.12. The van der Waals surface area contributed by atoms with E-state index in [1.54, 1.807) is 0 Å². The highest BCUT2D eigenvalue weighted by atomic mass is 15.0. The van der Waals surface area contributed by atoms with Crippen LogP contribution in [-0.4, -0.2) is 28.7 Å². The minimum Gasteiger partial charge on any atom is -0.309 e. The van der Waals surface area contributed by atoms with Crippen LogP contribution in [0.5, 0.6) is 0 Å². The van der Waals surface area contributed by atoms with Gasteiger partial charge in [0.05, 0.1) is 33.1 Å². The first-order valence-corrected chi connectivity index (χ1v) is 21.3. The second-order valence-electron chi connectivity index (χ2n) is 16.0. The van der Waals surface area contributed by atoms with Gasteiger partial charge in [0.1, 0.15) is 0 Å². The number of hydrogen-bond donors (Lipinski definition) is 0. The topological polar surface area (TPSA) is 53.5 Å². The van der Waals surface area contributed by atoms with E-state index in [9.17, 15) is 0 Å². The van der Waals surface area contributed by atoms with Gasteiger partial charge in [-0.1, -0.05) is 146 Å². The molecule has 4 heterocycles. The van der Waals surface area contributed by atoms with E-state index in [1.807, 2.05) is 60.7 Å². The summed E-state index contributed by atoms with van der Waals surface area (Å²) in [5, 5.41) is 7.15. The summed E-state index contributed by atoms with van der Waals surface area (Å²) >= 11 is 0. The number of benzene rings is 9. The fraction of sp³-hybridized carbons (Fsp3) is 0. The van der Waals surface area contributed by atoms with Crippen molar-refractivity contribution in [2.24, 2.45) is 0 Å². The third-order valence-corrected chi connectivity index (χ3v) is 12.5. The molecule has 6 heteroatoms. The SMILES string of the molecule is c1ccc(-c2nc(-c3ccccc3)nc(-c3ccc4c(c3)c3ccc5c(c6ccccc6n5-c5ccc6c7ccccc7n(-c7ccccc7)c6c5)c3n4-c3ccccc3)n2)cc1. The summed E-state index contributed by atoms with van der Waals surface area (Å²) in [6.45, 7) is 0. The van der Waals surface area contributed by atoms with E-state index in [4.69, 9.17) is 15.0 Å². The van der Waals surface area contributed by atoms with E-state index in [0.29, 0.717) is 17.5 Å². The lowest BCUT2D eigenvalue weighted by Crippen LogP contribution is -2.00. The van der Waals surface area contributed by atoms with Gasteiger partial charge in [-0.3, -0.25) is 0 Å². The molecule has 0 saturated carbocycles. The third kappa shape index (κ3) is 5.48. The molecule has 0 spiro atoms. The van der Waals surface area contributed by atoms with E-state index in [2.05, 4.69) is 171 Å². The fourth-order valence-electron chi connectivity index (χ4n) is 9.71. The first-order valence-electron chi connectivity index (χ1n) is 21.3. The molecule has 13 aromatic rings.